The van der Waals surface area contributed by atoms with Gasteiger partial charge in [0.15, 0.2) is 0 Å². The van der Waals surface area contributed by atoms with Crippen LogP contribution in [0.4, 0.5) is 4.79 Å². The van der Waals surface area contributed by atoms with Gasteiger partial charge < -0.3 is 15.0 Å². The Labute approximate surface area is 143 Å². The van der Waals surface area contributed by atoms with Gasteiger partial charge in [-0.3, -0.25) is 0 Å². The molecule has 0 saturated carbocycles. The predicted molar refractivity (Wildman–Crippen MR) is 91.1 cm³/mol. The number of ether oxygens (including phenoxy) is 1. The van der Waals surface area contributed by atoms with E-state index in [-0.39, 0.29) is 0 Å². The van der Waals surface area contributed by atoms with Crippen molar-refractivity contribution in [1.82, 2.24) is 10.1 Å². The van der Waals surface area contributed by atoms with Crippen molar-refractivity contribution >= 4 is 17.4 Å². The van der Waals surface area contributed by atoms with E-state index >= 15 is 0 Å². The summed E-state index contributed by atoms with van der Waals surface area (Å²) in [7, 11) is 0. The zero-order valence-electron chi connectivity index (χ0n) is 13.4. The topological polar surface area (TPSA) is 91.2 Å². The third-order valence-corrected chi connectivity index (χ3v) is 4.71. The Morgan fingerprint density at radius 2 is 2.00 bits per heavy atom. The first-order valence-corrected chi connectivity index (χ1v) is 8.30. The third-order valence-electron chi connectivity index (χ3n) is 3.61. The van der Waals surface area contributed by atoms with Gasteiger partial charge >= 0.3 is 6.09 Å². The van der Waals surface area contributed by atoms with E-state index in [1.54, 1.807) is 6.92 Å². The number of rotatable bonds is 5. The molecule has 0 spiro atoms. The highest BCUT2D eigenvalue weighted by atomic mass is 32.1. The molecule has 0 aliphatic rings. The van der Waals surface area contributed by atoms with Crippen molar-refractivity contribution in [2.75, 3.05) is 0 Å². The van der Waals surface area contributed by atoms with Gasteiger partial charge in [-0.2, -0.15) is 0 Å². The summed E-state index contributed by atoms with van der Waals surface area (Å²) in [6, 6.07) is 9.93. The number of carbonyl (C=O) groups is 1. The van der Waals surface area contributed by atoms with Gasteiger partial charge in [-0.05, 0) is 20.3 Å². The van der Waals surface area contributed by atoms with Crippen LogP contribution in [0.1, 0.15) is 22.0 Å². The van der Waals surface area contributed by atoms with Gasteiger partial charge in [-0.15, -0.1) is 0 Å². The molecule has 0 atom stereocenters. The third kappa shape index (κ3) is 3.46. The summed E-state index contributed by atoms with van der Waals surface area (Å²) >= 11 is 1.33. The number of primary amides is 1. The van der Waals surface area contributed by atoms with Crippen LogP contribution in [0.15, 0.2) is 34.9 Å². The number of hydrogen-bond donors (Lipinski definition) is 1. The molecule has 0 fully saturated rings. The first-order valence-electron chi connectivity index (χ1n) is 7.48. The SMILES string of the molecule is Cc1nc(CCc2c(-c3ccccc3)noc2C)sc1OC(N)=O. The highest BCUT2D eigenvalue weighted by Gasteiger charge is 2.16. The first kappa shape index (κ1) is 16.2. The van der Waals surface area contributed by atoms with Crippen LogP contribution in [0.2, 0.25) is 0 Å². The number of nitrogens with zero attached hydrogens (tertiary/aromatic N) is 2. The fraction of sp³-hybridized carbons (Fsp3) is 0.235. The second-order valence-corrected chi connectivity index (χ2v) is 6.38. The molecule has 124 valence electrons. The number of amides is 1. The molecule has 2 aromatic heterocycles. The smallest absolute Gasteiger partial charge is 0.397 e. The van der Waals surface area contributed by atoms with Crippen LogP contribution in [-0.2, 0) is 12.8 Å². The number of thiazole rings is 1. The van der Waals surface area contributed by atoms with Crippen LogP contribution >= 0.6 is 11.3 Å². The van der Waals surface area contributed by atoms with Gasteiger partial charge in [0.05, 0.1) is 10.7 Å². The zero-order chi connectivity index (χ0) is 17.1. The predicted octanol–water partition coefficient (Wildman–Crippen LogP) is 3.66. The monoisotopic (exact) mass is 343 g/mol. The van der Waals surface area contributed by atoms with Gasteiger partial charge in [-0.25, -0.2) is 9.78 Å². The Morgan fingerprint density at radius 1 is 1.25 bits per heavy atom. The molecular weight excluding hydrogens is 326 g/mol. The minimum Gasteiger partial charge on any atom is -0.397 e. The Balaban J connectivity index is 1.78. The Kier molecular flexibility index (Phi) is 4.61. The maximum Gasteiger partial charge on any atom is 0.410 e. The minimum absolute atomic E-state index is 0.447. The van der Waals surface area contributed by atoms with Crippen molar-refractivity contribution in [3.05, 3.63) is 52.4 Å². The maximum absolute atomic E-state index is 10.9. The van der Waals surface area contributed by atoms with E-state index in [9.17, 15) is 4.79 Å². The van der Waals surface area contributed by atoms with Crippen molar-refractivity contribution in [3.63, 3.8) is 0 Å². The van der Waals surface area contributed by atoms with Crippen molar-refractivity contribution in [2.45, 2.75) is 26.7 Å². The van der Waals surface area contributed by atoms with Crippen LogP contribution in [-0.4, -0.2) is 16.2 Å². The summed E-state index contributed by atoms with van der Waals surface area (Å²) in [5.41, 5.74) is 8.66. The Bertz CT molecular complexity index is 855. The van der Waals surface area contributed by atoms with Gasteiger partial charge in [0.2, 0.25) is 5.06 Å². The summed E-state index contributed by atoms with van der Waals surface area (Å²) in [5.74, 6) is 0.802. The second kappa shape index (κ2) is 6.84. The minimum atomic E-state index is -0.824. The van der Waals surface area contributed by atoms with Gasteiger partial charge in [0, 0.05) is 17.5 Å². The number of carbonyl (C=O) groups excluding carboxylic acids is 1. The Morgan fingerprint density at radius 3 is 2.71 bits per heavy atom. The quantitative estimate of drug-likeness (QED) is 0.763. The molecule has 0 bridgehead atoms. The maximum atomic E-state index is 10.9. The van der Waals surface area contributed by atoms with E-state index in [4.69, 9.17) is 15.0 Å². The van der Waals surface area contributed by atoms with E-state index in [0.29, 0.717) is 17.2 Å². The molecule has 3 rings (SSSR count). The number of aryl methyl sites for hydroxylation is 3. The van der Waals surface area contributed by atoms with Gasteiger partial charge in [-0.1, -0.05) is 46.8 Å². The van der Waals surface area contributed by atoms with Crippen LogP contribution < -0.4 is 10.5 Å². The number of hydrogen-bond acceptors (Lipinski definition) is 6. The first-order chi connectivity index (χ1) is 11.5. The summed E-state index contributed by atoms with van der Waals surface area (Å²) in [5, 5.41) is 5.51. The summed E-state index contributed by atoms with van der Waals surface area (Å²) in [4.78, 5) is 15.3. The average Bonchev–Trinajstić information content (AvgIpc) is 3.09. The van der Waals surface area contributed by atoms with E-state index in [2.05, 4.69) is 10.1 Å². The summed E-state index contributed by atoms with van der Waals surface area (Å²) in [6.45, 7) is 3.70. The Hall–Kier alpha value is -2.67. The van der Waals surface area contributed by atoms with E-state index in [1.165, 1.54) is 11.3 Å². The highest BCUT2D eigenvalue weighted by molar-refractivity contribution is 7.13. The molecule has 1 amide bonds. The van der Waals surface area contributed by atoms with Crippen LogP contribution in [0, 0.1) is 13.8 Å². The lowest BCUT2D eigenvalue weighted by atomic mass is 10.0. The fourth-order valence-electron chi connectivity index (χ4n) is 2.47. The molecule has 0 aliphatic heterocycles. The molecule has 0 aliphatic carbocycles. The number of nitrogens with two attached hydrogens (primary N) is 1. The van der Waals surface area contributed by atoms with Crippen molar-refractivity contribution in [2.24, 2.45) is 5.73 Å². The lowest BCUT2D eigenvalue weighted by Gasteiger charge is -2.01. The van der Waals surface area contributed by atoms with Crippen LogP contribution in [0.25, 0.3) is 11.3 Å². The fourth-order valence-corrected chi connectivity index (χ4v) is 3.39. The van der Waals surface area contributed by atoms with Crippen molar-refractivity contribution in [1.29, 1.82) is 0 Å². The molecule has 3 aromatic rings. The van der Waals surface area contributed by atoms with E-state index in [1.807, 2.05) is 37.3 Å². The normalized spacial score (nSPS) is 10.8. The zero-order valence-corrected chi connectivity index (χ0v) is 14.2. The molecule has 7 heteroatoms. The van der Waals surface area contributed by atoms with Crippen LogP contribution in [0.3, 0.4) is 0 Å². The molecule has 24 heavy (non-hydrogen) atoms. The lowest BCUT2D eigenvalue weighted by molar-refractivity contribution is 0.212. The molecule has 2 N–H and O–H groups in total. The molecule has 6 nitrogen and oxygen atoms in total. The average molecular weight is 343 g/mol. The second-order valence-electron chi connectivity index (χ2n) is 5.33. The highest BCUT2D eigenvalue weighted by Crippen LogP contribution is 2.30. The van der Waals surface area contributed by atoms with Crippen LogP contribution in [0.5, 0.6) is 5.06 Å². The number of aromatic nitrogens is 2. The van der Waals surface area contributed by atoms with E-state index < -0.39 is 6.09 Å². The van der Waals surface area contributed by atoms with Gasteiger partial charge in [0.1, 0.15) is 11.5 Å². The summed E-state index contributed by atoms with van der Waals surface area (Å²) in [6.07, 6.45) is 0.618. The molecular formula is C17H17N3O3S. The largest absolute Gasteiger partial charge is 0.410 e. The lowest BCUT2D eigenvalue weighted by Crippen LogP contribution is -2.15. The molecule has 2 heterocycles. The number of benzene rings is 1. The van der Waals surface area contributed by atoms with E-state index in [0.717, 1.165) is 34.0 Å². The van der Waals surface area contributed by atoms with Crippen molar-refractivity contribution < 1.29 is 14.1 Å². The van der Waals surface area contributed by atoms with Gasteiger partial charge in [0.25, 0.3) is 0 Å². The molecule has 0 radical (unpaired) electrons. The molecule has 0 saturated heterocycles. The standard InChI is InChI=1S/C17H17N3O3S/c1-10-16(22-17(18)21)24-14(19-10)9-8-13-11(2)23-20-15(13)12-6-4-3-5-7-12/h3-7H,8-9H2,1-2H3,(H2,18,21). The molecule has 1 aromatic carbocycles. The summed E-state index contributed by atoms with van der Waals surface area (Å²) < 4.78 is 10.3. The van der Waals surface area contributed by atoms with Crippen molar-refractivity contribution in [3.8, 4) is 16.3 Å². The molecule has 0 unspecified atom stereocenters.